The van der Waals surface area contributed by atoms with Crippen LogP contribution in [-0.2, 0) is 6.54 Å². The number of anilines is 1. The summed E-state index contributed by atoms with van der Waals surface area (Å²) in [7, 11) is 1.63. The molecule has 0 unspecified atom stereocenters. The van der Waals surface area contributed by atoms with E-state index < -0.39 is 0 Å². The highest BCUT2D eigenvalue weighted by Crippen LogP contribution is 2.32. The smallest absolute Gasteiger partial charge is 0.277 e. The van der Waals surface area contributed by atoms with Gasteiger partial charge in [-0.05, 0) is 56.0 Å². The van der Waals surface area contributed by atoms with Gasteiger partial charge in [-0.3, -0.25) is 4.79 Å². The molecule has 0 radical (unpaired) electrons. The molecule has 1 aliphatic carbocycles. The summed E-state index contributed by atoms with van der Waals surface area (Å²) in [5.41, 5.74) is 2.17. The topological polar surface area (TPSA) is 74.0 Å². The minimum atomic E-state index is -0.238. The van der Waals surface area contributed by atoms with Gasteiger partial charge in [-0.25, -0.2) is 9.36 Å². The molecule has 0 spiro atoms. The van der Waals surface area contributed by atoms with Crippen LogP contribution in [0.25, 0.3) is 5.69 Å². The Labute approximate surface area is 151 Å². The lowest BCUT2D eigenvalue weighted by Crippen LogP contribution is -2.17. The number of benzene rings is 1. The van der Waals surface area contributed by atoms with Gasteiger partial charge in [-0.15, -0.1) is 0 Å². The number of amides is 1. The molecule has 0 aliphatic heterocycles. The molecular formula is C19H21N5O2. The predicted molar refractivity (Wildman–Crippen MR) is 97.8 cm³/mol. The summed E-state index contributed by atoms with van der Waals surface area (Å²) in [4.78, 5) is 12.6. The molecular weight excluding hydrogens is 330 g/mol. The van der Waals surface area contributed by atoms with Crippen molar-refractivity contribution >= 4 is 11.7 Å². The van der Waals surface area contributed by atoms with Gasteiger partial charge in [0.05, 0.1) is 19.0 Å². The van der Waals surface area contributed by atoms with Crippen LogP contribution in [0.1, 0.15) is 28.9 Å². The average Bonchev–Trinajstić information content (AvgIpc) is 3.22. The second kappa shape index (κ2) is 6.67. The number of rotatable bonds is 6. The van der Waals surface area contributed by atoms with Gasteiger partial charge in [0.1, 0.15) is 11.6 Å². The van der Waals surface area contributed by atoms with Gasteiger partial charge in [0.2, 0.25) is 0 Å². The summed E-state index contributed by atoms with van der Waals surface area (Å²) in [6.45, 7) is 2.80. The summed E-state index contributed by atoms with van der Waals surface area (Å²) in [5.74, 6) is 1.97. The van der Waals surface area contributed by atoms with Crippen molar-refractivity contribution in [3.8, 4) is 11.4 Å². The molecule has 2 heterocycles. The lowest BCUT2D eigenvalue weighted by atomic mass is 10.3. The van der Waals surface area contributed by atoms with E-state index in [4.69, 9.17) is 4.74 Å². The molecule has 1 saturated carbocycles. The lowest BCUT2D eigenvalue weighted by molar-refractivity contribution is 0.102. The molecule has 26 heavy (non-hydrogen) atoms. The van der Waals surface area contributed by atoms with Crippen molar-refractivity contribution < 1.29 is 9.53 Å². The van der Waals surface area contributed by atoms with Gasteiger partial charge in [0.25, 0.3) is 5.91 Å². The minimum absolute atomic E-state index is 0.238. The van der Waals surface area contributed by atoms with Gasteiger partial charge < -0.3 is 10.1 Å². The standard InChI is InChI=1S/C19H21N5O2/c1-13-11-20-24(12-14-3-4-14)18(13)21-19(25)17-9-10-23(22-17)15-5-7-16(26-2)8-6-15/h5-11,14H,3-4,12H2,1-2H3,(H,21,25). The fourth-order valence-electron chi connectivity index (χ4n) is 2.82. The van der Waals surface area contributed by atoms with E-state index in [1.54, 1.807) is 30.3 Å². The fraction of sp³-hybridized carbons (Fsp3) is 0.316. The van der Waals surface area contributed by atoms with Crippen LogP contribution in [0.4, 0.5) is 5.82 Å². The number of carbonyl (C=O) groups is 1. The van der Waals surface area contributed by atoms with Gasteiger partial charge in [-0.1, -0.05) is 0 Å². The first-order chi connectivity index (χ1) is 12.6. The predicted octanol–water partition coefficient (Wildman–Crippen LogP) is 3.05. The van der Waals surface area contributed by atoms with E-state index in [9.17, 15) is 4.79 Å². The molecule has 7 nitrogen and oxygen atoms in total. The maximum atomic E-state index is 12.6. The zero-order valence-electron chi connectivity index (χ0n) is 14.8. The number of nitrogens with zero attached hydrogens (tertiary/aromatic N) is 4. The number of carbonyl (C=O) groups excluding carboxylic acids is 1. The van der Waals surface area contributed by atoms with E-state index in [0.29, 0.717) is 11.6 Å². The van der Waals surface area contributed by atoms with Crippen LogP contribution in [0.15, 0.2) is 42.7 Å². The Morgan fingerprint density at radius 3 is 2.73 bits per heavy atom. The first-order valence-electron chi connectivity index (χ1n) is 8.68. The zero-order chi connectivity index (χ0) is 18.1. The maximum Gasteiger partial charge on any atom is 0.277 e. The second-order valence-electron chi connectivity index (χ2n) is 6.60. The van der Waals surface area contributed by atoms with E-state index in [-0.39, 0.29) is 5.91 Å². The highest BCUT2D eigenvalue weighted by atomic mass is 16.5. The molecule has 2 aromatic heterocycles. The van der Waals surface area contributed by atoms with Crippen LogP contribution in [0.2, 0.25) is 0 Å². The van der Waals surface area contributed by atoms with Gasteiger partial charge in [-0.2, -0.15) is 10.2 Å². The zero-order valence-corrected chi connectivity index (χ0v) is 14.8. The molecule has 134 valence electrons. The average molecular weight is 351 g/mol. The molecule has 1 aliphatic rings. The third-order valence-corrected chi connectivity index (χ3v) is 4.54. The number of hydrogen-bond donors (Lipinski definition) is 1. The normalized spacial score (nSPS) is 13.6. The highest BCUT2D eigenvalue weighted by Gasteiger charge is 2.24. The molecule has 0 saturated heterocycles. The van der Waals surface area contributed by atoms with Crippen molar-refractivity contribution in [1.82, 2.24) is 19.6 Å². The number of hydrogen-bond acceptors (Lipinski definition) is 4. The molecule has 0 bridgehead atoms. The van der Waals surface area contributed by atoms with Crippen LogP contribution < -0.4 is 10.1 Å². The summed E-state index contributed by atoms with van der Waals surface area (Å²) in [5, 5.41) is 11.7. The Morgan fingerprint density at radius 2 is 2.04 bits per heavy atom. The second-order valence-corrected chi connectivity index (χ2v) is 6.60. The molecule has 0 atom stereocenters. The number of aromatic nitrogens is 4. The van der Waals surface area contributed by atoms with Crippen molar-refractivity contribution in [2.45, 2.75) is 26.3 Å². The third kappa shape index (κ3) is 3.33. The molecule has 1 amide bonds. The van der Waals surface area contributed by atoms with Crippen LogP contribution in [0.5, 0.6) is 5.75 Å². The van der Waals surface area contributed by atoms with E-state index in [1.165, 1.54) is 12.8 Å². The Bertz CT molecular complexity index is 922. The number of ether oxygens (including phenoxy) is 1. The lowest BCUT2D eigenvalue weighted by Gasteiger charge is -2.09. The van der Waals surface area contributed by atoms with Crippen LogP contribution >= 0.6 is 0 Å². The van der Waals surface area contributed by atoms with E-state index in [0.717, 1.165) is 29.4 Å². The molecule has 1 aromatic carbocycles. The van der Waals surface area contributed by atoms with E-state index >= 15 is 0 Å². The van der Waals surface area contributed by atoms with E-state index in [1.807, 2.05) is 35.9 Å². The van der Waals surface area contributed by atoms with Gasteiger partial charge >= 0.3 is 0 Å². The fourth-order valence-corrected chi connectivity index (χ4v) is 2.82. The van der Waals surface area contributed by atoms with Crippen molar-refractivity contribution in [3.63, 3.8) is 0 Å². The SMILES string of the molecule is COc1ccc(-n2ccc(C(=O)Nc3c(C)cnn3CC3CC3)n2)cc1. The summed E-state index contributed by atoms with van der Waals surface area (Å²) < 4.78 is 8.71. The Morgan fingerprint density at radius 1 is 1.27 bits per heavy atom. The Kier molecular flexibility index (Phi) is 4.20. The summed E-state index contributed by atoms with van der Waals surface area (Å²) in [6.07, 6.45) is 6.02. The van der Waals surface area contributed by atoms with Crippen LogP contribution in [0.3, 0.4) is 0 Å². The summed E-state index contributed by atoms with van der Waals surface area (Å²) >= 11 is 0. The molecule has 3 aromatic rings. The first kappa shape index (κ1) is 16.4. The first-order valence-corrected chi connectivity index (χ1v) is 8.68. The van der Waals surface area contributed by atoms with Crippen molar-refractivity contribution in [2.75, 3.05) is 12.4 Å². The minimum Gasteiger partial charge on any atom is -0.497 e. The molecule has 1 fully saturated rings. The number of nitrogens with one attached hydrogen (secondary N) is 1. The largest absolute Gasteiger partial charge is 0.497 e. The maximum absolute atomic E-state index is 12.6. The Hall–Kier alpha value is -3.09. The molecule has 7 heteroatoms. The van der Waals surface area contributed by atoms with Gasteiger partial charge in [0.15, 0.2) is 5.69 Å². The number of aryl methyl sites for hydroxylation is 1. The molecule has 1 N–H and O–H groups in total. The highest BCUT2D eigenvalue weighted by molar-refractivity contribution is 6.02. The van der Waals surface area contributed by atoms with Crippen molar-refractivity contribution in [3.05, 3.63) is 54.0 Å². The van der Waals surface area contributed by atoms with E-state index in [2.05, 4.69) is 15.5 Å². The summed E-state index contributed by atoms with van der Waals surface area (Å²) in [6, 6.07) is 9.20. The third-order valence-electron chi connectivity index (χ3n) is 4.54. The van der Waals surface area contributed by atoms with Crippen molar-refractivity contribution in [2.24, 2.45) is 5.92 Å². The number of methoxy groups -OCH3 is 1. The van der Waals surface area contributed by atoms with Crippen LogP contribution in [-0.4, -0.2) is 32.6 Å². The van der Waals surface area contributed by atoms with Gasteiger partial charge in [0, 0.05) is 18.3 Å². The van der Waals surface area contributed by atoms with Crippen molar-refractivity contribution in [1.29, 1.82) is 0 Å². The Balaban J connectivity index is 1.50. The monoisotopic (exact) mass is 351 g/mol. The van der Waals surface area contributed by atoms with Crippen LogP contribution in [0, 0.1) is 12.8 Å². The quantitative estimate of drug-likeness (QED) is 0.741. The molecule has 4 rings (SSSR count).